The van der Waals surface area contributed by atoms with Gasteiger partial charge >= 0.3 is 6.18 Å². The van der Waals surface area contributed by atoms with Gasteiger partial charge < -0.3 is 10.1 Å². The van der Waals surface area contributed by atoms with Crippen molar-refractivity contribution < 1.29 is 17.9 Å². The second-order valence-corrected chi connectivity index (χ2v) is 5.29. The van der Waals surface area contributed by atoms with E-state index >= 15 is 0 Å². The number of benzene rings is 1. The summed E-state index contributed by atoms with van der Waals surface area (Å²) in [5.74, 6) is 0.574. The van der Waals surface area contributed by atoms with Crippen LogP contribution in [0.4, 0.5) is 13.2 Å². The van der Waals surface area contributed by atoms with Gasteiger partial charge in [0.25, 0.3) is 0 Å². The van der Waals surface area contributed by atoms with Crippen molar-refractivity contribution in [3.8, 4) is 5.75 Å². The topological polar surface area (TPSA) is 21.3 Å². The summed E-state index contributed by atoms with van der Waals surface area (Å²) < 4.78 is 41.5. The van der Waals surface area contributed by atoms with Crippen LogP contribution in [-0.2, 0) is 6.54 Å². The van der Waals surface area contributed by atoms with E-state index in [9.17, 15) is 13.2 Å². The van der Waals surface area contributed by atoms with Crippen molar-refractivity contribution in [3.63, 3.8) is 0 Å². The van der Waals surface area contributed by atoms with Gasteiger partial charge in [0, 0.05) is 29.6 Å². The number of halogens is 4. The van der Waals surface area contributed by atoms with E-state index in [1.54, 1.807) is 18.2 Å². The molecule has 20 heavy (non-hydrogen) atoms. The lowest BCUT2D eigenvalue weighted by molar-refractivity contribution is -0.136. The number of nitrogens with one attached hydrogen (secondary N) is 1. The normalized spacial score (nSPS) is 11.9. The number of rotatable bonds is 7. The highest BCUT2D eigenvalue weighted by molar-refractivity contribution is 6.30. The quantitative estimate of drug-likeness (QED) is 0.746. The highest BCUT2D eigenvalue weighted by Gasteiger charge is 2.26. The maximum absolute atomic E-state index is 12.0. The van der Waals surface area contributed by atoms with Crippen LogP contribution in [0.3, 0.4) is 0 Å². The average molecular weight is 310 g/mol. The van der Waals surface area contributed by atoms with Crippen LogP contribution in [0.5, 0.6) is 5.75 Å². The second-order valence-electron chi connectivity index (χ2n) is 4.85. The Morgan fingerprint density at radius 2 is 2.00 bits per heavy atom. The molecule has 1 rings (SSSR count). The predicted molar refractivity (Wildman–Crippen MR) is 74.2 cm³/mol. The zero-order chi connectivity index (χ0) is 15.2. The van der Waals surface area contributed by atoms with E-state index in [1.807, 2.05) is 13.8 Å². The van der Waals surface area contributed by atoms with E-state index in [0.717, 1.165) is 5.56 Å². The van der Waals surface area contributed by atoms with Crippen LogP contribution in [0, 0.1) is 0 Å². The molecule has 0 amide bonds. The first-order chi connectivity index (χ1) is 9.28. The molecule has 1 aromatic carbocycles. The third kappa shape index (κ3) is 7.01. The lowest BCUT2D eigenvalue weighted by atomic mass is 10.2. The van der Waals surface area contributed by atoms with Crippen LogP contribution in [-0.4, -0.2) is 18.8 Å². The molecule has 0 aromatic heterocycles. The minimum atomic E-state index is -4.13. The van der Waals surface area contributed by atoms with Gasteiger partial charge in [0.1, 0.15) is 5.75 Å². The molecule has 0 atom stereocenters. The molecule has 114 valence electrons. The summed E-state index contributed by atoms with van der Waals surface area (Å²) in [4.78, 5) is 0. The maximum atomic E-state index is 12.0. The SMILES string of the molecule is CC(C)NCc1cc(Cl)ccc1OCCCC(F)(F)F. The van der Waals surface area contributed by atoms with Gasteiger partial charge in [0.2, 0.25) is 0 Å². The molecule has 0 radical (unpaired) electrons. The molecule has 0 saturated carbocycles. The summed E-state index contributed by atoms with van der Waals surface area (Å²) in [5.41, 5.74) is 0.846. The number of alkyl halides is 3. The van der Waals surface area contributed by atoms with Crippen molar-refractivity contribution in [3.05, 3.63) is 28.8 Å². The molecular formula is C14H19ClF3NO. The summed E-state index contributed by atoms with van der Waals surface area (Å²) in [7, 11) is 0. The van der Waals surface area contributed by atoms with Gasteiger partial charge in [-0.2, -0.15) is 13.2 Å². The van der Waals surface area contributed by atoms with Crippen LogP contribution >= 0.6 is 11.6 Å². The van der Waals surface area contributed by atoms with E-state index in [-0.39, 0.29) is 13.0 Å². The van der Waals surface area contributed by atoms with Gasteiger partial charge in [-0.1, -0.05) is 25.4 Å². The number of hydrogen-bond acceptors (Lipinski definition) is 2. The van der Waals surface area contributed by atoms with Crippen LogP contribution < -0.4 is 10.1 Å². The fourth-order valence-electron chi connectivity index (χ4n) is 1.60. The summed E-state index contributed by atoms with van der Waals surface area (Å²) in [5, 5.41) is 3.80. The largest absolute Gasteiger partial charge is 0.493 e. The lowest BCUT2D eigenvalue weighted by Gasteiger charge is -2.14. The smallest absolute Gasteiger partial charge is 0.389 e. The standard InChI is InChI=1S/C14H19ClF3NO/c1-10(2)19-9-11-8-12(15)4-5-13(11)20-7-3-6-14(16,17)18/h4-5,8,10,19H,3,6-7,9H2,1-2H3. The Labute approximate surface area is 122 Å². The van der Waals surface area contributed by atoms with Crippen molar-refractivity contribution in [2.75, 3.05) is 6.61 Å². The van der Waals surface area contributed by atoms with Gasteiger partial charge in [-0.25, -0.2) is 0 Å². The molecule has 0 unspecified atom stereocenters. The van der Waals surface area contributed by atoms with Crippen molar-refractivity contribution in [2.24, 2.45) is 0 Å². The molecule has 6 heteroatoms. The minimum Gasteiger partial charge on any atom is -0.493 e. The zero-order valence-corrected chi connectivity index (χ0v) is 12.3. The van der Waals surface area contributed by atoms with Crippen LogP contribution in [0.1, 0.15) is 32.3 Å². The van der Waals surface area contributed by atoms with Crippen LogP contribution in [0.25, 0.3) is 0 Å². The Balaban J connectivity index is 2.55. The molecule has 1 N–H and O–H groups in total. The highest BCUT2D eigenvalue weighted by atomic mass is 35.5. The monoisotopic (exact) mass is 309 g/mol. The molecule has 0 aliphatic rings. The van der Waals surface area contributed by atoms with Gasteiger partial charge in [-0.3, -0.25) is 0 Å². The third-order valence-corrected chi connectivity index (χ3v) is 2.82. The number of ether oxygens (including phenoxy) is 1. The molecule has 0 fully saturated rings. The van der Waals surface area contributed by atoms with E-state index in [0.29, 0.717) is 23.4 Å². The van der Waals surface area contributed by atoms with Gasteiger partial charge in [0.05, 0.1) is 6.61 Å². The molecule has 0 heterocycles. The molecule has 1 aromatic rings. The van der Waals surface area contributed by atoms with Crippen LogP contribution in [0.15, 0.2) is 18.2 Å². The summed E-state index contributed by atoms with van der Waals surface area (Å²) >= 11 is 5.92. The van der Waals surface area contributed by atoms with Crippen molar-refractivity contribution in [1.29, 1.82) is 0 Å². The Morgan fingerprint density at radius 1 is 1.30 bits per heavy atom. The molecular weight excluding hydrogens is 291 g/mol. The molecule has 0 aliphatic heterocycles. The molecule has 0 saturated heterocycles. The summed E-state index contributed by atoms with van der Waals surface area (Å²) in [6, 6.07) is 5.41. The molecule has 0 spiro atoms. The first-order valence-electron chi connectivity index (χ1n) is 6.49. The Kier molecular flexibility index (Phi) is 6.62. The van der Waals surface area contributed by atoms with Crippen molar-refractivity contribution in [1.82, 2.24) is 5.32 Å². The van der Waals surface area contributed by atoms with E-state index in [2.05, 4.69) is 5.32 Å². The molecule has 0 aliphatic carbocycles. The fourth-order valence-corrected chi connectivity index (χ4v) is 1.79. The maximum Gasteiger partial charge on any atom is 0.389 e. The Hall–Kier alpha value is -0.940. The molecule has 2 nitrogen and oxygen atoms in total. The fraction of sp³-hybridized carbons (Fsp3) is 0.571. The zero-order valence-electron chi connectivity index (χ0n) is 11.6. The predicted octanol–water partition coefficient (Wildman–Crippen LogP) is 4.56. The first kappa shape index (κ1) is 17.1. The lowest BCUT2D eigenvalue weighted by Crippen LogP contribution is -2.22. The summed E-state index contributed by atoms with van der Waals surface area (Å²) in [6.45, 7) is 4.62. The van der Waals surface area contributed by atoms with Gasteiger partial charge in [-0.15, -0.1) is 0 Å². The van der Waals surface area contributed by atoms with Crippen molar-refractivity contribution >= 4 is 11.6 Å². The van der Waals surface area contributed by atoms with Gasteiger partial charge in [-0.05, 0) is 24.6 Å². The number of hydrogen-bond donors (Lipinski definition) is 1. The first-order valence-corrected chi connectivity index (χ1v) is 6.87. The van der Waals surface area contributed by atoms with Crippen LogP contribution in [0.2, 0.25) is 5.02 Å². The van der Waals surface area contributed by atoms with E-state index in [4.69, 9.17) is 16.3 Å². The third-order valence-electron chi connectivity index (χ3n) is 2.59. The Morgan fingerprint density at radius 3 is 2.60 bits per heavy atom. The second kappa shape index (κ2) is 7.74. The minimum absolute atomic E-state index is 0.0375. The average Bonchev–Trinajstić information content (AvgIpc) is 2.32. The van der Waals surface area contributed by atoms with Gasteiger partial charge in [0.15, 0.2) is 0 Å². The van der Waals surface area contributed by atoms with E-state index < -0.39 is 12.6 Å². The molecule has 0 bridgehead atoms. The van der Waals surface area contributed by atoms with E-state index in [1.165, 1.54) is 0 Å². The van der Waals surface area contributed by atoms with Crippen molar-refractivity contribution in [2.45, 2.75) is 45.5 Å². The highest BCUT2D eigenvalue weighted by Crippen LogP contribution is 2.25. The summed E-state index contributed by atoms with van der Waals surface area (Å²) in [6.07, 6.45) is -5.02. The Bertz CT molecular complexity index is 421.